The number of fused-ring (bicyclic) bond motifs is 1. The van der Waals surface area contributed by atoms with Gasteiger partial charge in [0, 0.05) is 34.9 Å². The fourth-order valence-corrected chi connectivity index (χ4v) is 4.54. The minimum atomic E-state index is -0.291. The van der Waals surface area contributed by atoms with Crippen LogP contribution in [0.5, 0.6) is 0 Å². The van der Waals surface area contributed by atoms with Gasteiger partial charge >= 0.3 is 5.69 Å². The van der Waals surface area contributed by atoms with Crippen LogP contribution < -0.4 is 11.0 Å². The van der Waals surface area contributed by atoms with Crippen molar-refractivity contribution in [3.8, 4) is 0 Å². The number of rotatable bonds is 7. The number of aromatic nitrogens is 3. The number of hydrogen-bond donors (Lipinski definition) is 1. The summed E-state index contributed by atoms with van der Waals surface area (Å²) in [4.78, 5) is 44.8. The van der Waals surface area contributed by atoms with E-state index in [1.807, 2.05) is 12.1 Å². The topological polar surface area (TPSA) is 94.0 Å². The van der Waals surface area contributed by atoms with Gasteiger partial charge in [0.15, 0.2) is 5.78 Å². The Morgan fingerprint density at radius 1 is 1.10 bits per heavy atom. The molecule has 1 aliphatic carbocycles. The quantitative estimate of drug-likeness (QED) is 0.349. The highest BCUT2D eigenvalue weighted by Crippen LogP contribution is 2.29. The third-order valence-electron chi connectivity index (χ3n) is 5.21. The average Bonchev–Trinajstić information content (AvgIpc) is 3.26. The number of carbonyl (C=O) groups is 2. The zero-order chi connectivity index (χ0) is 21.8. The second kappa shape index (κ2) is 9.26. The van der Waals surface area contributed by atoms with Crippen molar-refractivity contribution >= 4 is 29.1 Å². The Kier molecular flexibility index (Phi) is 6.27. The van der Waals surface area contributed by atoms with E-state index in [9.17, 15) is 14.4 Å². The van der Waals surface area contributed by atoms with Crippen molar-refractivity contribution in [1.29, 1.82) is 0 Å². The van der Waals surface area contributed by atoms with Crippen molar-refractivity contribution < 1.29 is 9.59 Å². The molecule has 1 aliphatic rings. The maximum atomic E-state index is 12.7. The Bertz CT molecular complexity index is 1170. The number of Topliss-reactive ketones (excluding diaryl/α,β-unsaturated/α-hetero) is 1. The normalized spacial score (nSPS) is 12.4. The molecule has 0 radical (unpaired) electrons. The Balaban J connectivity index is 1.46. The first-order chi connectivity index (χ1) is 15.0. The second-order valence-electron chi connectivity index (χ2n) is 7.39. The summed E-state index contributed by atoms with van der Waals surface area (Å²) in [5.41, 5.74) is 4.02. The first kappa shape index (κ1) is 21.0. The summed E-state index contributed by atoms with van der Waals surface area (Å²) in [5, 5.41) is 3.46. The molecule has 31 heavy (non-hydrogen) atoms. The van der Waals surface area contributed by atoms with Gasteiger partial charge in [0.25, 0.3) is 0 Å². The zero-order valence-electron chi connectivity index (χ0n) is 17.1. The molecule has 3 aromatic rings. The van der Waals surface area contributed by atoms with Gasteiger partial charge in [-0.15, -0.1) is 0 Å². The summed E-state index contributed by atoms with van der Waals surface area (Å²) < 4.78 is 1.73. The summed E-state index contributed by atoms with van der Waals surface area (Å²) >= 11 is 1.29. The predicted octanol–water partition coefficient (Wildman–Crippen LogP) is 3.11. The highest BCUT2D eigenvalue weighted by atomic mass is 32.2. The Labute approximate surface area is 183 Å². The Morgan fingerprint density at radius 3 is 2.55 bits per heavy atom. The van der Waals surface area contributed by atoms with Gasteiger partial charge < -0.3 is 5.32 Å². The molecule has 2 aromatic heterocycles. The van der Waals surface area contributed by atoms with Gasteiger partial charge in [0.2, 0.25) is 5.91 Å². The minimum absolute atomic E-state index is 0.0213. The summed E-state index contributed by atoms with van der Waals surface area (Å²) in [6.07, 6.45) is 6.09. The molecular formula is C23H22N4O3S. The van der Waals surface area contributed by atoms with Crippen molar-refractivity contribution in [3.05, 3.63) is 81.7 Å². The number of amides is 1. The van der Waals surface area contributed by atoms with E-state index in [-0.39, 0.29) is 23.1 Å². The minimum Gasteiger partial charge on any atom is -0.325 e. The lowest BCUT2D eigenvalue weighted by atomic mass is 10.1. The Morgan fingerprint density at radius 2 is 1.84 bits per heavy atom. The van der Waals surface area contributed by atoms with Crippen molar-refractivity contribution in [1.82, 2.24) is 14.5 Å². The van der Waals surface area contributed by atoms with Crippen molar-refractivity contribution in [2.75, 3.05) is 11.1 Å². The monoisotopic (exact) mass is 434 g/mol. The van der Waals surface area contributed by atoms with Gasteiger partial charge in [-0.1, -0.05) is 11.8 Å². The lowest BCUT2D eigenvalue weighted by Crippen LogP contribution is -2.28. The van der Waals surface area contributed by atoms with Gasteiger partial charge in [-0.3, -0.25) is 19.1 Å². The molecule has 0 fully saturated rings. The SMILES string of the molecule is CC(=O)c1ccc(NC(=O)CSc2nc(=O)n(Cc3ccncc3)c3c2CCC3)cc1. The fraction of sp³-hybridized carbons (Fsp3) is 0.261. The molecule has 0 saturated carbocycles. The van der Waals surface area contributed by atoms with E-state index in [2.05, 4.69) is 15.3 Å². The van der Waals surface area contributed by atoms with Crippen molar-refractivity contribution in [2.24, 2.45) is 0 Å². The van der Waals surface area contributed by atoms with Crippen molar-refractivity contribution in [2.45, 2.75) is 37.8 Å². The molecule has 0 spiro atoms. The molecule has 4 rings (SSSR count). The molecule has 158 valence electrons. The molecule has 1 N–H and O–H groups in total. The second-order valence-corrected chi connectivity index (χ2v) is 8.35. The van der Waals surface area contributed by atoms with Crippen LogP contribution in [0.25, 0.3) is 0 Å². The van der Waals surface area contributed by atoms with Crippen LogP contribution in [-0.2, 0) is 24.2 Å². The maximum absolute atomic E-state index is 12.7. The number of hydrogen-bond acceptors (Lipinski definition) is 6. The van der Waals surface area contributed by atoms with Crippen LogP contribution in [0.15, 0.2) is 58.6 Å². The van der Waals surface area contributed by atoms with Crippen LogP contribution in [0.3, 0.4) is 0 Å². The van der Waals surface area contributed by atoms with Gasteiger partial charge in [0.05, 0.1) is 12.3 Å². The third-order valence-corrected chi connectivity index (χ3v) is 6.22. The summed E-state index contributed by atoms with van der Waals surface area (Å²) in [6.45, 7) is 1.97. The van der Waals surface area contributed by atoms with E-state index in [0.29, 0.717) is 22.8 Å². The van der Waals surface area contributed by atoms with Gasteiger partial charge in [-0.05, 0) is 68.1 Å². The average molecular weight is 435 g/mol. The van der Waals surface area contributed by atoms with Crippen LogP contribution in [0.4, 0.5) is 5.69 Å². The molecule has 0 atom stereocenters. The van der Waals surface area contributed by atoms with Crippen LogP contribution in [0.1, 0.15) is 40.5 Å². The summed E-state index contributed by atoms with van der Waals surface area (Å²) in [7, 11) is 0. The highest BCUT2D eigenvalue weighted by Gasteiger charge is 2.22. The first-order valence-corrected chi connectivity index (χ1v) is 11.0. The number of anilines is 1. The van der Waals surface area contributed by atoms with Crippen molar-refractivity contribution in [3.63, 3.8) is 0 Å². The van der Waals surface area contributed by atoms with Crippen LogP contribution >= 0.6 is 11.8 Å². The van der Waals surface area contributed by atoms with Gasteiger partial charge in [0.1, 0.15) is 5.03 Å². The van der Waals surface area contributed by atoms with E-state index in [1.165, 1.54) is 18.7 Å². The lowest BCUT2D eigenvalue weighted by Gasteiger charge is -2.14. The standard InChI is InChI=1S/C23H22N4O3S/c1-15(28)17-5-7-18(8-6-17)25-21(29)14-31-22-19-3-2-4-20(19)27(23(30)26-22)13-16-9-11-24-12-10-16/h5-12H,2-4,13-14H2,1H3,(H,25,29). The van der Waals surface area contributed by atoms with E-state index >= 15 is 0 Å². The number of benzene rings is 1. The number of ketones is 1. The largest absolute Gasteiger partial charge is 0.349 e. The zero-order valence-corrected chi connectivity index (χ0v) is 17.9. The molecule has 1 amide bonds. The van der Waals surface area contributed by atoms with E-state index in [1.54, 1.807) is 41.2 Å². The molecule has 0 bridgehead atoms. The maximum Gasteiger partial charge on any atom is 0.349 e. The summed E-state index contributed by atoms with van der Waals surface area (Å²) in [6, 6.07) is 10.6. The molecule has 8 heteroatoms. The summed E-state index contributed by atoms with van der Waals surface area (Å²) in [5.74, 6) is -0.0519. The van der Waals surface area contributed by atoms with Crippen LogP contribution in [0.2, 0.25) is 0 Å². The number of nitrogens with zero attached hydrogens (tertiary/aromatic N) is 3. The smallest absolute Gasteiger partial charge is 0.325 e. The predicted molar refractivity (Wildman–Crippen MR) is 120 cm³/mol. The molecular weight excluding hydrogens is 412 g/mol. The third kappa shape index (κ3) is 4.91. The molecule has 0 saturated heterocycles. The number of pyridine rings is 1. The Hall–Kier alpha value is -3.26. The molecule has 2 heterocycles. The highest BCUT2D eigenvalue weighted by molar-refractivity contribution is 8.00. The van der Waals surface area contributed by atoms with Crippen LogP contribution in [0, 0.1) is 0 Å². The van der Waals surface area contributed by atoms with Crippen LogP contribution in [-0.4, -0.2) is 32.0 Å². The number of nitrogens with one attached hydrogen (secondary N) is 1. The number of thioether (sulfide) groups is 1. The molecule has 1 aromatic carbocycles. The van der Waals surface area contributed by atoms with E-state index in [4.69, 9.17) is 0 Å². The van der Waals surface area contributed by atoms with E-state index < -0.39 is 0 Å². The fourth-order valence-electron chi connectivity index (χ4n) is 3.66. The van der Waals surface area contributed by atoms with Gasteiger partial charge in [-0.25, -0.2) is 4.79 Å². The molecule has 0 unspecified atom stereocenters. The molecule has 7 nitrogen and oxygen atoms in total. The lowest BCUT2D eigenvalue weighted by molar-refractivity contribution is -0.113. The molecule has 0 aliphatic heterocycles. The first-order valence-electron chi connectivity index (χ1n) is 10.1. The van der Waals surface area contributed by atoms with E-state index in [0.717, 1.165) is 36.1 Å². The van der Waals surface area contributed by atoms with Gasteiger partial charge in [-0.2, -0.15) is 4.98 Å². The number of carbonyl (C=O) groups excluding carboxylic acids is 2.